The molecule has 0 aliphatic carbocycles. The molecule has 0 amide bonds. The van der Waals surface area contributed by atoms with Crippen LogP contribution in [-0.4, -0.2) is 18.9 Å². The van der Waals surface area contributed by atoms with Crippen molar-refractivity contribution in [3.8, 4) is 6.07 Å². The fraction of sp³-hybridized carbons (Fsp3) is 0.364. The molecule has 2 nitrogen and oxygen atoms in total. The Labute approximate surface area is 95.9 Å². The maximum Gasteiger partial charge on any atom is 0.324 e. The van der Waals surface area contributed by atoms with E-state index in [4.69, 9.17) is 5.26 Å². The summed E-state index contributed by atoms with van der Waals surface area (Å²) in [6, 6.07) is 6.21. The van der Waals surface area contributed by atoms with E-state index in [9.17, 15) is 17.6 Å². The van der Waals surface area contributed by atoms with Crippen LogP contribution in [0, 0.1) is 18.3 Å². The van der Waals surface area contributed by atoms with Gasteiger partial charge >= 0.3 is 12.3 Å². The third kappa shape index (κ3) is 3.34. The van der Waals surface area contributed by atoms with Gasteiger partial charge in [-0.25, -0.2) is 8.78 Å². The van der Waals surface area contributed by atoms with Crippen LogP contribution >= 0.6 is 0 Å². The molecule has 0 atom stereocenters. The second kappa shape index (κ2) is 5.04. The molecule has 0 heterocycles. The summed E-state index contributed by atoms with van der Waals surface area (Å²) in [7, 11) is 0. The van der Waals surface area contributed by atoms with Crippen molar-refractivity contribution in [3.05, 3.63) is 29.3 Å². The lowest BCUT2D eigenvalue weighted by atomic mass is 10.1. The van der Waals surface area contributed by atoms with E-state index in [-0.39, 0.29) is 5.69 Å². The number of alkyl halides is 4. The SMILES string of the molecule is Cc1cc(NCC(F)(F)C(F)F)ccc1C#N. The van der Waals surface area contributed by atoms with Crippen molar-refractivity contribution < 1.29 is 17.6 Å². The first-order valence-electron chi connectivity index (χ1n) is 4.77. The zero-order chi connectivity index (χ0) is 13.1. The van der Waals surface area contributed by atoms with Crippen LogP contribution in [0.3, 0.4) is 0 Å². The maximum absolute atomic E-state index is 12.6. The monoisotopic (exact) mass is 246 g/mol. The van der Waals surface area contributed by atoms with Crippen LogP contribution < -0.4 is 5.32 Å². The molecule has 0 saturated heterocycles. The normalized spacial score (nSPS) is 11.4. The molecule has 1 rings (SSSR count). The molecule has 1 N–H and O–H groups in total. The van der Waals surface area contributed by atoms with Crippen LogP contribution in [0.15, 0.2) is 18.2 Å². The van der Waals surface area contributed by atoms with E-state index < -0.39 is 18.9 Å². The molecule has 0 aliphatic heterocycles. The number of nitrogens with zero attached hydrogens (tertiary/aromatic N) is 1. The number of nitriles is 1. The standard InChI is InChI=1S/C11H10F4N2/c1-7-4-9(3-2-8(7)5-16)17-6-11(14,15)10(12)13/h2-4,10,17H,6H2,1H3. The van der Waals surface area contributed by atoms with Gasteiger partial charge in [0.25, 0.3) is 0 Å². The molecular weight excluding hydrogens is 236 g/mol. The minimum Gasteiger partial charge on any atom is -0.379 e. The molecule has 0 aliphatic rings. The number of nitrogens with one attached hydrogen (secondary N) is 1. The van der Waals surface area contributed by atoms with E-state index in [2.05, 4.69) is 5.32 Å². The molecule has 0 saturated carbocycles. The first-order valence-corrected chi connectivity index (χ1v) is 4.77. The number of aryl methyl sites for hydroxylation is 1. The van der Waals surface area contributed by atoms with Crippen molar-refractivity contribution >= 4 is 5.69 Å². The Morgan fingerprint density at radius 1 is 1.41 bits per heavy atom. The van der Waals surface area contributed by atoms with E-state index in [1.54, 1.807) is 6.92 Å². The van der Waals surface area contributed by atoms with Crippen molar-refractivity contribution in [3.63, 3.8) is 0 Å². The van der Waals surface area contributed by atoms with Gasteiger partial charge < -0.3 is 5.32 Å². The third-order valence-electron chi connectivity index (χ3n) is 2.19. The minimum absolute atomic E-state index is 0.279. The Morgan fingerprint density at radius 2 is 2.06 bits per heavy atom. The highest BCUT2D eigenvalue weighted by atomic mass is 19.3. The van der Waals surface area contributed by atoms with Crippen molar-refractivity contribution in [2.75, 3.05) is 11.9 Å². The maximum atomic E-state index is 12.6. The highest BCUT2D eigenvalue weighted by molar-refractivity contribution is 5.51. The zero-order valence-corrected chi connectivity index (χ0v) is 8.98. The fourth-order valence-corrected chi connectivity index (χ4v) is 1.20. The van der Waals surface area contributed by atoms with Gasteiger partial charge in [-0.05, 0) is 30.7 Å². The summed E-state index contributed by atoms with van der Waals surface area (Å²) in [5.41, 5.74) is 1.29. The van der Waals surface area contributed by atoms with Gasteiger partial charge in [0, 0.05) is 5.69 Å². The predicted octanol–water partition coefficient (Wildman–Crippen LogP) is 3.18. The first-order chi connectivity index (χ1) is 7.86. The lowest BCUT2D eigenvalue weighted by molar-refractivity contribution is -0.117. The summed E-state index contributed by atoms with van der Waals surface area (Å²) in [4.78, 5) is 0. The van der Waals surface area contributed by atoms with E-state index in [1.165, 1.54) is 18.2 Å². The highest BCUT2D eigenvalue weighted by Gasteiger charge is 2.40. The summed E-state index contributed by atoms with van der Waals surface area (Å²) < 4.78 is 49.0. The van der Waals surface area contributed by atoms with E-state index >= 15 is 0 Å². The lowest BCUT2D eigenvalue weighted by Gasteiger charge is -2.16. The molecule has 6 heteroatoms. The minimum atomic E-state index is -4.07. The average molecular weight is 246 g/mol. The third-order valence-corrected chi connectivity index (χ3v) is 2.19. The van der Waals surface area contributed by atoms with E-state index in [0.29, 0.717) is 11.1 Å². The number of halogens is 4. The molecule has 1 aromatic carbocycles. The smallest absolute Gasteiger partial charge is 0.324 e. The Hall–Kier alpha value is -1.77. The van der Waals surface area contributed by atoms with Crippen LogP contribution in [0.1, 0.15) is 11.1 Å². The second-order valence-corrected chi connectivity index (χ2v) is 3.56. The summed E-state index contributed by atoms with van der Waals surface area (Å²) in [6.07, 6.45) is -3.70. The number of rotatable bonds is 4. The van der Waals surface area contributed by atoms with Gasteiger partial charge in [0.1, 0.15) is 0 Å². The summed E-state index contributed by atoms with van der Waals surface area (Å²) in [5, 5.41) is 10.9. The zero-order valence-electron chi connectivity index (χ0n) is 8.98. The molecule has 0 unspecified atom stereocenters. The van der Waals surface area contributed by atoms with Crippen LogP contribution in [0.4, 0.5) is 23.2 Å². The fourth-order valence-electron chi connectivity index (χ4n) is 1.20. The average Bonchev–Trinajstić information content (AvgIpc) is 2.26. The number of hydrogen-bond acceptors (Lipinski definition) is 2. The van der Waals surface area contributed by atoms with Gasteiger partial charge in [-0.3, -0.25) is 0 Å². The Balaban J connectivity index is 2.72. The lowest BCUT2D eigenvalue weighted by Crippen LogP contribution is -2.34. The van der Waals surface area contributed by atoms with E-state index in [1.807, 2.05) is 6.07 Å². The number of benzene rings is 1. The van der Waals surface area contributed by atoms with Crippen molar-refractivity contribution in [1.29, 1.82) is 5.26 Å². The molecule has 0 bridgehead atoms. The largest absolute Gasteiger partial charge is 0.379 e. The summed E-state index contributed by atoms with van der Waals surface area (Å²) in [5.74, 6) is -4.07. The Bertz CT molecular complexity index is 438. The Morgan fingerprint density at radius 3 is 2.53 bits per heavy atom. The summed E-state index contributed by atoms with van der Waals surface area (Å²) in [6.45, 7) is 0.491. The van der Waals surface area contributed by atoms with Crippen LogP contribution in [-0.2, 0) is 0 Å². The summed E-state index contributed by atoms with van der Waals surface area (Å²) >= 11 is 0. The molecule has 92 valence electrons. The van der Waals surface area contributed by atoms with Gasteiger partial charge in [-0.2, -0.15) is 14.0 Å². The van der Waals surface area contributed by atoms with Gasteiger partial charge in [0.15, 0.2) is 0 Å². The number of anilines is 1. The van der Waals surface area contributed by atoms with Crippen molar-refractivity contribution in [2.45, 2.75) is 19.3 Å². The Kier molecular flexibility index (Phi) is 3.94. The molecule has 17 heavy (non-hydrogen) atoms. The molecule has 0 spiro atoms. The van der Waals surface area contributed by atoms with Gasteiger partial charge in [0.2, 0.25) is 0 Å². The van der Waals surface area contributed by atoms with Crippen LogP contribution in [0.5, 0.6) is 0 Å². The first kappa shape index (κ1) is 13.3. The van der Waals surface area contributed by atoms with Crippen molar-refractivity contribution in [1.82, 2.24) is 0 Å². The molecule has 0 radical (unpaired) electrons. The van der Waals surface area contributed by atoms with Gasteiger partial charge in [-0.1, -0.05) is 0 Å². The van der Waals surface area contributed by atoms with Gasteiger partial charge in [-0.15, -0.1) is 0 Å². The van der Waals surface area contributed by atoms with Crippen LogP contribution in [0.25, 0.3) is 0 Å². The van der Waals surface area contributed by atoms with Crippen LogP contribution in [0.2, 0.25) is 0 Å². The molecule has 1 aromatic rings. The van der Waals surface area contributed by atoms with Gasteiger partial charge in [0.05, 0.1) is 18.2 Å². The van der Waals surface area contributed by atoms with Crippen molar-refractivity contribution in [2.24, 2.45) is 0 Å². The molecule has 0 aromatic heterocycles. The topological polar surface area (TPSA) is 35.8 Å². The predicted molar refractivity (Wildman–Crippen MR) is 55.3 cm³/mol. The quantitative estimate of drug-likeness (QED) is 0.828. The number of hydrogen-bond donors (Lipinski definition) is 1. The molecular formula is C11H10F4N2. The highest BCUT2D eigenvalue weighted by Crippen LogP contribution is 2.23. The second-order valence-electron chi connectivity index (χ2n) is 3.56. The van der Waals surface area contributed by atoms with E-state index in [0.717, 1.165) is 0 Å². The molecule has 0 fully saturated rings.